The Morgan fingerprint density at radius 2 is 1.52 bits per heavy atom. The second-order valence-corrected chi connectivity index (χ2v) is 7.25. The molecule has 3 aliphatic rings. The van der Waals surface area contributed by atoms with E-state index in [1.807, 2.05) is 32.0 Å². The zero-order valence-corrected chi connectivity index (χ0v) is 14.0. The molecule has 0 radical (unpaired) electrons. The molecule has 2 amide bonds. The van der Waals surface area contributed by atoms with Gasteiger partial charge >= 0.3 is 0 Å². The van der Waals surface area contributed by atoms with E-state index < -0.39 is 0 Å². The number of nitrogens with zero attached hydrogens (tertiary/aromatic N) is 1. The highest BCUT2D eigenvalue weighted by atomic mass is 16.2. The molecule has 3 nitrogen and oxygen atoms in total. The Labute approximate surface area is 136 Å². The molecule has 0 unspecified atom stereocenters. The van der Waals surface area contributed by atoms with Gasteiger partial charge in [-0.3, -0.25) is 9.59 Å². The minimum absolute atomic E-state index is 0.0254. The number of benzene rings is 1. The van der Waals surface area contributed by atoms with Crippen LogP contribution in [0.4, 0.5) is 5.69 Å². The van der Waals surface area contributed by atoms with Crippen molar-refractivity contribution in [2.24, 2.45) is 23.7 Å². The first-order chi connectivity index (χ1) is 10.9. The number of rotatable bonds is 1. The van der Waals surface area contributed by atoms with Crippen LogP contribution in [0.3, 0.4) is 0 Å². The molecule has 1 aromatic carbocycles. The number of amides is 2. The number of aryl methyl sites for hydroxylation is 2. The van der Waals surface area contributed by atoms with E-state index in [9.17, 15) is 9.59 Å². The van der Waals surface area contributed by atoms with Crippen LogP contribution >= 0.6 is 0 Å². The summed E-state index contributed by atoms with van der Waals surface area (Å²) in [5.41, 5.74) is 5.41. The first-order valence-corrected chi connectivity index (χ1v) is 8.22. The van der Waals surface area contributed by atoms with Crippen LogP contribution in [0.25, 0.3) is 0 Å². The molecule has 1 heterocycles. The van der Waals surface area contributed by atoms with Crippen molar-refractivity contribution in [1.82, 2.24) is 0 Å². The van der Waals surface area contributed by atoms with Crippen LogP contribution in [0.5, 0.6) is 0 Å². The van der Waals surface area contributed by atoms with E-state index in [2.05, 4.69) is 26.0 Å². The average Bonchev–Trinajstić information content (AvgIpc) is 3.11. The van der Waals surface area contributed by atoms with E-state index in [0.717, 1.165) is 16.8 Å². The first-order valence-electron chi connectivity index (χ1n) is 8.22. The van der Waals surface area contributed by atoms with Gasteiger partial charge in [-0.1, -0.05) is 41.0 Å². The molecular weight excluding hydrogens is 286 g/mol. The van der Waals surface area contributed by atoms with Gasteiger partial charge in [-0.25, -0.2) is 4.90 Å². The lowest BCUT2D eigenvalue weighted by Crippen LogP contribution is -2.33. The molecule has 1 aliphatic heterocycles. The van der Waals surface area contributed by atoms with Crippen molar-refractivity contribution >= 4 is 17.5 Å². The Bertz CT molecular complexity index is 764. The molecule has 4 atom stereocenters. The fourth-order valence-electron chi connectivity index (χ4n) is 4.72. The predicted molar refractivity (Wildman–Crippen MR) is 89.9 cm³/mol. The van der Waals surface area contributed by atoms with Gasteiger partial charge in [0.05, 0.1) is 17.5 Å². The van der Waals surface area contributed by atoms with E-state index in [1.54, 1.807) is 0 Å². The Kier molecular flexibility index (Phi) is 2.93. The fourth-order valence-corrected chi connectivity index (χ4v) is 4.72. The Morgan fingerprint density at radius 1 is 0.957 bits per heavy atom. The van der Waals surface area contributed by atoms with Crippen LogP contribution < -0.4 is 4.90 Å². The smallest absolute Gasteiger partial charge is 0.238 e. The van der Waals surface area contributed by atoms with Gasteiger partial charge in [0.15, 0.2) is 0 Å². The highest BCUT2D eigenvalue weighted by molar-refractivity contribution is 6.23. The van der Waals surface area contributed by atoms with Gasteiger partial charge in [-0.15, -0.1) is 0 Å². The number of hydrogen-bond donors (Lipinski definition) is 0. The number of allylic oxidation sites excluding steroid dienone is 4. The molecule has 2 bridgehead atoms. The van der Waals surface area contributed by atoms with Crippen molar-refractivity contribution in [2.75, 3.05) is 4.90 Å². The summed E-state index contributed by atoms with van der Waals surface area (Å²) in [4.78, 5) is 27.5. The minimum Gasteiger partial charge on any atom is -0.274 e. The zero-order valence-electron chi connectivity index (χ0n) is 14.0. The van der Waals surface area contributed by atoms with Crippen molar-refractivity contribution in [2.45, 2.75) is 27.7 Å². The summed E-state index contributed by atoms with van der Waals surface area (Å²) < 4.78 is 0. The Balaban J connectivity index is 1.79. The molecule has 2 aliphatic carbocycles. The lowest BCUT2D eigenvalue weighted by atomic mass is 9.85. The predicted octanol–water partition coefficient (Wildman–Crippen LogP) is 3.56. The molecule has 23 heavy (non-hydrogen) atoms. The second kappa shape index (κ2) is 4.67. The van der Waals surface area contributed by atoms with Gasteiger partial charge in [-0.2, -0.15) is 0 Å². The van der Waals surface area contributed by atoms with Crippen molar-refractivity contribution in [3.05, 3.63) is 52.6 Å². The normalized spacial score (nSPS) is 31.3. The van der Waals surface area contributed by atoms with Crippen LogP contribution in [0, 0.1) is 37.5 Å². The van der Waals surface area contributed by atoms with Gasteiger partial charge in [0.1, 0.15) is 0 Å². The fraction of sp³-hybridized carbons (Fsp3) is 0.400. The number of imide groups is 1. The zero-order chi connectivity index (χ0) is 16.5. The maximum absolute atomic E-state index is 13.0. The molecule has 1 saturated heterocycles. The standard InChI is InChI=1S/C20H21NO2/c1-10(2)16-13-6-7-14(16)18-17(13)19(22)21(20(18)23)15-8-5-11(3)9-12(15)4/h5-9,13-14,17-18H,1-4H3/t13-,14+,17-,18-/m0/s1. The number of carbonyl (C=O) groups excluding carboxylic acids is 2. The third kappa shape index (κ3) is 1.76. The van der Waals surface area contributed by atoms with Gasteiger partial charge < -0.3 is 0 Å². The highest BCUT2D eigenvalue weighted by Crippen LogP contribution is 2.57. The van der Waals surface area contributed by atoms with Crippen LogP contribution in [-0.2, 0) is 9.59 Å². The molecule has 4 rings (SSSR count). The summed E-state index contributed by atoms with van der Waals surface area (Å²) >= 11 is 0. The molecular formula is C20H21NO2. The molecule has 3 heteroatoms. The van der Waals surface area contributed by atoms with Crippen LogP contribution in [-0.4, -0.2) is 11.8 Å². The summed E-state index contributed by atoms with van der Waals surface area (Å²) in [7, 11) is 0. The maximum atomic E-state index is 13.0. The second-order valence-electron chi connectivity index (χ2n) is 7.25. The van der Waals surface area contributed by atoms with Gasteiger partial charge in [0.2, 0.25) is 11.8 Å². The Hall–Kier alpha value is -2.16. The average molecular weight is 307 g/mol. The topological polar surface area (TPSA) is 37.4 Å². The van der Waals surface area contributed by atoms with Crippen molar-refractivity contribution in [3.63, 3.8) is 0 Å². The van der Waals surface area contributed by atoms with E-state index in [0.29, 0.717) is 0 Å². The van der Waals surface area contributed by atoms with Gasteiger partial charge in [0.25, 0.3) is 0 Å². The van der Waals surface area contributed by atoms with E-state index in [1.165, 1.54) is 16.0 Å². The Morgan fingerprint density at radius 3 is 2.00 bits per heavy atom. The number of anilines is 1. The molecule has 118 valence electrons. The SMILES string of the molecule is CC(C)=C1[C@H]2C=C[C@@H]1[C@@H]1C(=O)N(c3ccc(C)cc3C)C(=O)[C@H]12. The molecule has 0 aromatic heterocycles. The third-order valence-electron chi connectivity index (χ3n) is 5.59. The van der Waals surface area contributed by atoms with Crippen molar-refractivity contribution < 1.29 is 9.59 Å². The van der Waals surface area contributed by atoms with Crippen LogP contribution in [0.2, 0.25) is 0 Å². The number of hydrogen-bond acceptors (Lipinski definition) is 2. The van der Waals surface area contributed by atoms with Gasteiger partial charge in [0, 0.05) is 11.8 Å². The van der Waals surface area contributed by atoms with Crippen LogP contribution in [0.15, 0.2) is 41.5 Å². The van der Waals surface area contributed by atoms with Crippen molar-refractivity contribution in [1.29, 1.82) is 0 Å². The largest absolute Gasteiger partial charge is 0.274 e. The number of fused-ring (bicyclic) bond motifs is 5. The summed E-state index contributed by atoms with van der Waals surface area (Å²) in [6.45, 7) is 8.15. The van der Waals surface area contributed by atoms with Crippen LogP contribution in [0.1, 0.15) is 25.0 Å². The molecule has 1 saturated carbocycles. The lowest BCUT2D eigenvalue weighted by molar-refractivity contribution is -0.122. The van der Waals surface area contributed by atoms with E-state index >= 15 is 0 Å². The summed E-state index contributed by atoms with van der Waals surface area (Å²) in [5.74, 6) is -0.235. The molecule has 1 aromatic rings. The first kappa shape index (κ1) is 14.4. The summed E-state index contributed by atoms with van der Waals surface area (Å²) in [6, 6.07) is 5.89. The molecule has 0 N–H and O–H groups in total. The monoisotopic (exact) mass is 307 g/mol. The third-order valence-corrected chi connectivity index (χ3v) is 5.59. The summed E-state index contributed by atoms with van der Waals surface area (Å²) in [5, 5.41) is 0. The number of carbonyl (C=O) groups is 2. The minimum atomic E-state index is -0.205. The van der Waals surface area contributed by atoms with E-state index in [4.69, 9.17) is 0 Å². The summed E-state index contributed by atoms with van der Waals surface area (Å²) in [6.07, 6.45) is 4.26. The van der Waals surface area contributed by atoms with E-state index in [-0.39, 0.29) is 35.5 Å². The highest BCUT2D eigenvalue weighted by Gasteiger charge is 2.62. The lowest BCUT2D eigenvalue weighted by Gasteiger charge is -2.21. The maximum Gasteiger partial charge on any atom is 0.238 e. The van der Waals surface area contributed by atoms with Gasteiger partial charge in [-0.05, 0) is 39.3 Å². The molecule has 0 spiro atoms. The molecule has 2 fully saturated rings. The van der Waals surface area contributed by atoms with Crippen molar-refractivity contribution in [3.8, 4) is 0 Å². The quantitative estimate of drug-likeness (QED) is 0.587.